The van der Waals surface area contributed by atoms with Gasteiger partial charge in [-0.1, -0.05) is 48.5 Å². The normalized spacial score (nSPS) is 12.6. The fourth-order valence-electron chi connectivity index (χ4n) is 2.78. The highest BCUT2D eigenvalue weighted by Crippen LogP contribution is 2.17. The molecular weight excluding hydrogens is 499 g/mol. The lowest BCUT2D eigenvalue weighted by molar-refractivity contribution is 0.593. The summed E-state index contributed by atoms with van der Waals surface area (Å²) in [4.78, 5) is 4.63. The van der Waals surface area contributed by atoms with Crippen LogP contribution >= 0.6 is 24.0 Å². The Morgan fingerprint density at radius 1 is 1.07 bits per heavy atom. The van der Waals surface area contributed by atoms with Gasteiger partial charge in [0.25, 0.3) is 0 Å². The molecule has 0 saturated heterocycles. The molecule has 2 rings (SSSR count). The van der Waals surface area contributed by atoms with E-state index in [0.29, 0.717) is 12.2 Å². The van der Waals surface area contributed by atoms with Crippen LogP contribution in [0.25, 0.3) is 0 Å². The van der Waals surface area contributed by atoms with Crippen LogP contribution in [0.2, 0.25) is 0 Å². The fraction of sp³-hybridized carbons (Fsp3) is 0.381. The van der Waals surface area contributed by atoms with E-state index < -0.39 is 10.0 Å². The van der Waals surface area contributed by atoms with Crippen LogP contribution in [0.1, 0.15) is 31.4 Å². The fourth-order valence-corrected chi connectivity index (χ4v) is 3.37. The van der Waals surface area contributed by atoms with Crippen molar-refractivity contribution in [1.82, 2.24) is 10.6 Å². The molecule has 1 atom stereocenters. The van der Waals surface area contributed by atoms with Crippen LogP contribution in [0, 0.1) is 0 Å². The first kappa shape index (κ1) is 25.2. The molecule has 2 aromatic rings. The summed E-state index contributed by atoms with van der Waals surface area (Å²) in [6, 6.07) is 18.0. The summed E-state index contributed by atoms with van der Waals surface area (Å²) < 4.78 is 25.7. The van der Waals surface area contributed by atoms with Crippen LogP contribution in [0.4, 0.5) is 5.69 Å². The van der Waals surface area contributed by atoms with Crippen molar-refractivity contribution >= 4 is 45.6 Å². The van der Waals surface area contributed by atoms with Gasteiger partial charge < -0.3 is 10.6 Å². The van der Waals surface area contributed by atoms with Crippen LogP contribution in [0.15, 0.2) is 59.6 Å². The number of para-hydroxylation sites is 1. The van der Waals surface area contributed by atoms with Crippen molar-refractivity contribution in [1.29, 1.82) is 0 Å². The molecule has 0 spiro atoms. The zero-order chi connectivity index (χ0) is 20.4. The maximum Gasteiger partial charge on any atom is 0.229 e. The lowest BCUT2D eigenvalue weighted by atomic mass is 10.1. The highest BCUT2D eigenvalue weighted by atomic mass is 127. The third-order valence-electron chi connectivity index (χ3n) is 4.16. The summed E-state index contributed by atoms with van der Waals surface area (Å²) in [5, 5.41) is 6.68. The Kier molecular flexibility index (Phi) is 11.0. The molecular formula is C21H31IN4O2S. The average molecular weight is 530 g/mol. The van der Waals surface area contributed by atoms with Gasteiger partial charge in [-0.25, -0.2) is 13.4 Å². The summed E-state index contributed by atoms with van der Waals surface area (Å²) in [7, 11) is -3.33. The second-order valence-corrected chi connectivity index (χ2v) is 8.54. The number of guanidine groups is 1. The second-order valence-electron chi connectivity index (χ2n) is 6.80. The molecule has 1 unspecified atom stereocenters. The topological polar surface area (TPSA) is 82.6 Å². The number of anilines is 1. The highest BCUT2D eigenvalue weighted by molar-refractivity contribution is 14.0. The van der Waals surface area contributed by atoms with E-state index in [4.69, 9.17) is 0 Å². The average Bonchev–Trinajstić information content (AvgIpc) is 2.65. The Hall–Kier alpha value is -1.81. The number of hydrogen-bond acceptors (Lipinski definition) is 3. The van der Waals surface area contributed by atoms with Gasteiger partial charge in [0, 0.05) is 12.6 Å². The Morgan fingerprint density at radius 3 is 2.38 bits per heavy atom. The minimum absolute atomic E-state index is 0. The van der Waals surface area contributed by atoms with Crippen molar-refractivity contribution in [3.05, 3.63) is 65.7 Å². The lowest BCUT2D eigenvalue weighted by Crippen LogP contribution is -2.42. The smallest absolute Gasteiger partial charge is 0.229 e. The van der Waals surface area contributed by atoms with E-state index in [1.165, 1.54) is 5.56 Å². The van der Waals surface area contributed by atoms with Crippen molar-refractivity contribution < 1.29 is 8.42 Å². The molecule has 0 heterocycles. The molecule has 2 aromatic carbocycles. The van der Waals surface area contributed by atoms with E-state index in [-0.39, 0.29) is 30.0 Å². The van der Waals surface area contributed by atoms with Crippen LogP contribution in [0.5, 0.6) is 0 Å². The van der Waals surface area contributed by atoms with Gasteiger partial charge in [-0.15, -0.1) is 24.0 Å². The van der Waals surface area contributed by atoms with Crippen LogP contribution in [-0.2, 0) is 23.0 Å². The molecule has 0 radical (unpaired) electrons. The zero-order valence-electron chi connectivity index (χ0n) is 17.2. The monoisotopic (exact) mass is 530 g/mol. The van der Waals surface area contributed by atoms with Gasteiger partial charge in [-0.05, 0) is 43.9 Å². The SMILES string of the molecule is CCNC(=NCc1ccccc1NS(C)(=O)=O)NC(C)CCc1ccccc1.I. The van der Waals surface area contributed by atoms with Crippen molar-refractivity contribution in [2.24, 2.45) is 4.99 Å². The van der Waals surface area contributed by atoms with Gasteiger partial charge in [0.15, 0.2) is 5.96 Å². The van der Waals surface area contributed by atoms with Crippen molar-refractivity contribution in [3.8, 4) is 0 Å². The lowest BCUT2D eigenvalue weighted by Gasteiger charge is -2.18. The van der Waals surface area contributed by atoms with Gasteiger partial charge in [-0.3, -0.25) is 4.72 Å². The molecule has 0 aliphatic rings. The number of sulfonamides is 1. The molecule has 0 bridgehead atoms. The van der Waals surface area contributed by atoms with Gasteiger partial charge in [0.05, 0.1) is 18.5 Å². The standard InChI is InChI=1S/C21H30N4O2S.HI/c1-4-22-21(24-17(2)14-15-18-10-6-5-7-11-18)23-16-19-12-8-9-13-20(19)25-28(3,26)27;/h5-13,17,25H,4,14-16H2,1-3H3,(H2,22,23,24);1H. The first-order valence-corrected chi connectivity index (χ1v) is 11.4. The highest BCUT2D eigenvalue weighted by Gasteiger charge is 2.09. The summed E-state index contributed by atoms with van der Waals surface area (Å²) >= 11 is 0. The molecule has 0 amide bonds. The third kappa shape index (κ3) is 9.98. The van der Waals surface area contributed by atoms with Crippen LogP contribution in [-0.4, -0.2) is 33.2 Å². The Balaban J connectivity index is 0.00000420. The molecule has 0 aliphatic heterocycles. The van der Waals surface area contributed by atoms with E-state index in [0.717, 1.165) is 37.2 Å². The quantitative estimate of drug-likeness (QED) is 0.262. The third-order valence-corrected chi connectivity index (χ3v) is 4.75. The number of hydrogen-bond donors (Lipinski definition) is 3. The predicted molar refractivity (Wildman–Crippen MR) is 132 cm³/mol. The molecule has 6 nitrogen and oxygen atoms in total. The number of halogens is 1. The summed E-state index contributed by atoms with van der Waals surface area (Å²) in [6.07, 6.45) is 3.13. The summed E-state index contributed by atoms with van der Waals surface area (Å²) in [6.45, 7) is 5.28. The molecule has 29 heavy (non-hydrogen) atoms. The maximum absolute atomic E-state index is 11.6. The number of nitrogens with one attached hydrogen (secondary N) is 3. The number of rotatable bonds is 9. The Bertz CT molecular complexity index is 873. The van der Waals surface area contributed by atoms with Gasteiger partial charge in [0.1, 0.15) is 0 Å². The minimum Gasteiger partial charge on any atom is -0.357 e. The van der Waals surface area contributed by atoms with E-state index in [9.17, 15) is 8.42 Å². The molecule has 0 saturated carbocycles. The predicted octanol–water partition coefficient (Wildman–Crippen LogP) is 3.75. The first-order valence-electron chi connectivity index (χ1n) is 9.52. The molecule has 0 aliphatic carbocycles. The van der Waals surface area contributed by atoms with E-state index in [1.807, 2.05) is 25.1 Å². The van der Waals surface area contributed by atoms with Crippen molar-refractivity contribution in [2.75, 3.05) is 17.5 Å². The van der Waals surface area contributed by atoms with E-state index in [1.54, 1.807) is 12.1 Å². The maximum atomic E-state index is 11.6. The Labute approximate surface area is 191 Å². The molecule has 8 heteroatoms. The minimum atomic E-state index is -3.33. The van der Waals surface area contributed by atoms with Crippen molar-refractivity contribution in [2.45, 2.75) is 39.3 Å². The van der Waals surface area contributed by atoms with Crippen molar-refractivity contribution in [3.63, 3.8) is 0 Å². The summed E-state index contributed by atoms with van der Waals surface area (Å²) in [5.74, 6) is 0.720. The molecule has 0 fully saturated rings. The number of aliphatic imine (C=N–C) groups is 1. The van der Waals surface area contributed by atoms with Crippen LogP contribution in [0.3, 0.4) is 0 Å². The zero-order valence-corrected chi connectivity index (χ0v) is 20.3. The largest absolute Gasteiger partial charge is 0.357 e. The van der Waals surface area contributed by atoms with Gasteiger partial charge in [-0.2, -0.15) is 0 Å². The summed E-state index contributed by atoms with van der Waals surface area (Å²) in [5.41, 5.74) is 2.70. The van der Waals surface area contributed by atoms with E-state index in [2.05, 4.69) is 51.5 Å². The van der Waals surface area contributed by atoms with Gasteiger partial charge in [0.2, 0.25) is 10.0 Å². The molecule has 160 valence electrons. The van der Waals surface area contributed by atoms with E-state index >= 15 is 0 Å². The first-order chi connectivity index (χ1) is 13.4. The van der Waals surface area contributed by atoms with Gasteiger partial charge >= 0.3 is 0 Å². The van der Waals surface area contributed by atoms with Crippen LogP contribution < -0.4 is 15.4 Å². The number of aryl methyl sites for hydroxylation is 1. The molecule has 3 N–H and O–H groups in total. The number of benzene rings is 2. The molecule has 0 aromatic heterocycles. The second kappa shape index (κ2) is 12.7. The Morgan fingerprint density at radius 2 is 1.72 bits per heavy atom. The number of nitrogens with zero attached hydrogens (tertiary/aromatic N) is 1.